The Morgan fingerprint density at radius 2 is 1.71 bits per heavy atom. The molecule has 0 aliphatic carbocycles. The second-order valence-corrected chi connectivity index (χ2v) is 9.01. The summed E-state index contributed by atoms with van der Waals surface area (Å²) in [6.07, 6.45) is 1.58. The molecule has 1 aromatic heterocycles. The molecule has 1 unspecified atom stereocenters. The van der Waals surface area contributed by atoms with E-state index < -0.39 is 17.7 Å². The SMILES string of the molecule is Cc1ccccc1COc1ccc(C(O)=C2C(=O)C(=O)N(c3nccs3)C2c2ccccc2)cc1. The maximum absolute atomic E-state index is 13.1. The van der Waals surface area contributed by atoms with Gasteiger partial charge in [0.25, 0.3) is 5.78 Å². The van der Waals surface area contributed by atoms with Crippen molar-refractivity contribution in [1.82, 2.24) is 4.98 Å². The molecule has 4 aromatic rings. The second kappa shape index (κ2) is 9.56. The highest BCUT2D eigenvalue weighted by Gasteiger charge is 2.47. The van der Waals surface area contributed by atoms with Gasteiger partial charge in [0.05, 0.1) is 11.6 Å². The van der Waals surface area contributed by atoms with E-state index in [1.54, 1.807) is 35.8 Å². The van der Waals surface area contributed by atoms with Gasteiger partial charge in [0, 0.05) is 17.1 Å². The van der Waals surface area contributed by atoms with Crippen LogP contribution in [0.2, 0.25) is 0 Å². The Hall–Kier alpha value is -4.23. The first kappa shape index (κ1) is 22.6. The number of hydrogen-bond donors (Lipinski definition) is 1. The third-order valence-electron chi connectivity index (χ3n) is 5.97. The first-order valence-corrected chi connectivity index (χ1v) is 12.0. The first-order valence-electron chi connectivity index (χ1n) is 11.1. The zero-order valence-corrected chi connectivity index (χ0v) is 19.7. The van der Waals surface area contributed by atoms with Crippen LogP contribution in [-0.4, -0.2) is 21.8 Å². The Bertz CT molecular complexity index is 1400. The number of hydrogen-bond acceptors (Lipinski definition) is 6. The fourth-order valence-electron chi connectivity index (χ4n) is 4.11. The van der Waals surface area contributed by atoms with Crippen molar-refractivity contribution >= 4 is 33.9 Å². The highest BCUT2D eigenvalue weighted by molar-refractivity contribution is 7.14. The Balaban J connectivity index is 1.48. The van der Waals surface area contributed by atoms with Crippen molar-refractivity contribution in [3.05, 3.63) is 118 Å². The number of benzene rings is 3. The van der Waals surface area contributed by atoms with Crippen molar-refractivity contribution in [3.8, 4) is 5.75 Å². The van der Waals surface area contributed by atoms with Gasteiger partial charge in [-0.25, -0.2) is 4.98 Å². The number of carbonyl (C=O) groups is 2. The molecule has 0 bridgehead atoms. The number of ketones is 1. The number of thiazole rings is 1. The zero-order chi connectivity index (χ0) is 24.4. The zero-order valence-electron chi connectivity index (χ0n) is 18.9. The number of nitrogens with zero attached hydrogens (tertiary/aromatic N) is 2. The topological polar surface area (TPSA) is 79.7 Å². The van der Waals surface area contributed by atoms with E-state index in [0.29, 0.717) is 28.6 Å². The van der Waals surface area contributed by atoms with E-state index in [2.05, 4.69) is 4.98 Å². The van der Waals surface area contributed by atoms with E-state index in [0.717, 1.165) is 11.1 Å². The van der Waals surface area contributed by atoms with Gasteiger partial charge < -0.3 is 9.84 Å². The number of aryl methyl sites for hydroxylation is 1. The molecule has 1 N–H and O–H groups in total. The average molecular weight is 483 g/mol. The van der Waals surface area contributed by atoms with Gasteiger partial charge in [-0.3, -0.25) is 14.5 Å². The van der Waals surface area contributed by atoms with Gasteiger partial charge in [-0.15, -0.1) is 11.3 Å². The van der Waals surface area contributed by atoms with Crippen LogP contribution < -0.4 is 9.64 Å². The molecule has 6 nitrogen and oxygen atoms in total. The maximum atomic E-state index is 13.1. The average Bonchev–Trinajstić information content (AvgIpc) is 3.51. The molecular weight excluding hydrogens is 460 g/mol. The van der Waals surface area contributed by atoms with Crippen LogP contribution in [0, 0.1) is 6.92 Å². The molecule has 2 heterocycles. The normalized spacial score (nSPS) is 17.1. The first-order chi connectivity index (χ1) is 17.0. The third kappa shape index (κ3) is 4.34. The number of ether oxygens (including phenoxy) is 1. The fourth-order valence-corrected chi connectivity index (χ4v) is 4.78. The van der Waals surface area contributed by atoms with Gasteiger partial charge in [0.2, 0.25) is 0 Å². The monoisotopic (exact) mass is 482 g/mol. The lowest BCUT2D eigenvalue weighted by Gasteiger charge is -2.22. The lowest BCUT2D eigenvalue weighted by atomic mass is 9.95. The predicted molar refractivity (Wildman–Crippen MR) is 135 cm³/mol. The molecule has 0 spiro atoms. The second-order valence-electron chi connectivity index (χ2n) is 8.13. The summed E-state index contributed by atoms with van der Waals surface area (Å²) in [4.78, 5) is 31.7. The molecule has 0 saturated carbocycles. The minimum absolute atomic E-state index is 0.0324. The van der Waals surface area contributed by atoms with Gasteiger partial charge in [0.15, 0.2) is 5.13 Å². The fraction of sp³-hybridized carbons (Fsp3) is 0.107. The highest BCUT2D eigenvalue weighted by atomic mass is 32.1. The van der Waals surface area contributed by atoms with E-state index in [9.17, 15) is 14.7 Å². The van der Waals surface area contributed by atoms with Gasteiger partial charge >= 0.3 is 5.91 Å². The maximum Gasteiger partial charge on any atom is 0.301 e. The van der Waals surface area contributed by atoms with E-state index in [4.69, 9.17) is 4.74 Å². The number of amides is 1. The van der Waals surface area contributed by atoms with Crippen molar-refractivity contribution in [2.45, 2.75) is 19.6 Å². The van der Waals surface area contributed by atoms with Gasteiger partial charge in [0.1, 0.15) is 18.1 Å². The molecular formula is C28H22N2O4S. The van der Waals surface area contributed by atoms with Crippen LogP contribution in [0.3, 0.4) is 0 Å². The quantitative estimate of drug-likeness (QED) is 0.218. The minimum Gasteiger partial charge on any atom is -0.507 e. The van der Waals surface area contributed by atoms with Crippen molar-refractivity contribution in [2.24, 2.45) is 0 Å². The highest BCUT2D eigenvalue weighted by Crippen LogP contribution is 2.42. The summed E-state index contributed by atoms with van der Waals surface area (Å²) in [5, 5.41) is 13.4. The van der Waals surface area contributed by atoms with Crippen molar-refractivity contribution in [3.63, 3.8) is 0 Å². The Morgan fingerprint density at radius 1 is 1.00 bits per heavy atom. The third-order valence-corrected chi connectivity index (χ3v) is 6.74. The summed E-state index contributed by atoms with van der Waals surface area (Å²) < 4.78 is 5.89. The molecule has 7 heteroatoms. The molecule has 1 atom stereocenters. The van der Waals surface area contributed by atoms with Crippen molar-refractivity contribution in [1.29, 1.82) is 0 Å². The van der Waals surface area contributed by atoms with Crippen LogP contribution in [0.5, 0.6) is 5.75 Å². The van der Waals surface area contributed by atoms with Crippen LogP contribution in [0.25, 0.3) is 5.76 Å². The number of anilines is 1. The summed E-state index contributed by atoms with van der Waals surface area (Å²) in [7, 11) is 0. The van der Waals surface area contributed by atoms with Crippen LogP contribution in [-0.2, 0) is 16.2 Å². The molecule has 1 saturated heterocycles. The summed E-state index contributed by atoms with van der Waals surface area (Å²) in [6, 6.07) is 23.2. The number of rotatable bonds is 6. The van der Waals surface area contributed by atoms with E-state index in [1.807, 2.05) is 61.5 Å². The lowest BCUT2D eigenvalue weighted by Crippen LogP contribution is -2.29. The van der Waals surface area contributed by atoms with E-state index in [-0.39, 0.29) is 11.3 Å². The van der Waals surface area contributed by atoms with Crippen LogP contribution in [0.4, 0.5) is 5.13 Å². The largest absolute Gasteiger partial charge is 0.507 e. The molecule has 174 valence electrons. The molecule has 1 amide bonds. The summed E-state index contributed by atoms with van der Waals surface area (Å²) in [5.41, 5.74) is 3.40. The molecule has 0 radical (unpaired) electrons. The Kier molecular flexibility index (Phi) is 6.16. The molecule has 1 fully saturated rings. The van der Waals surface area contributed by atoms with Crippen LogP contribution in [0.1, 0.15) is 28.3 Å². The molecule has 5 rings (SSSR count). The van der Waals surface area contributed by atoms with E-state index in [1.165, 1.54) is 16.2 Å². The van der Waals surface area contributed by atoms with Gasteiger partial charge in [-0.1, -0.05) is 54.6 Å². The number of aliphatic hydroxyl groups is 1. The van der Waals surface area contributed by atoms with Crippen molar-refractivity contribution < 1.29 is 19.4 Å². The number of carbonyl (C=O) groups excluding carboxylic acids is 2. The Labute approximate surface area is 206 Å². The summed E-state index contributed by atoms with van der Waals surface area (Å²) >= 11 is 1.26. The number of Topliss-reactive ketones (excluding diaryl/α,β-unsaturated/α-hetero) is 1. The lowest BCUT2D eigenvalue weighted by molar-refractivity contribution is -0.132. The number of aromatic nitrogens is 1. The molecule has 35 heavy (non-hydrogen) atoms. The summed E-state index contributed by atoms with van der Waals surface area (Å²) in [6.45, 7) is 2.45. The molecule has 1 aliphatic rings. The van der Waals surface area contributed by atoms with E-state index >= 15 is 0 Å². The summed E-state index contributed by atoms with van der Waals surface area (Å²) in [5.74, 6) is -1.06. The standard InChI is InChI=1S/C28H22N2O4S/c1-18-7-5-6-10-21(18)17-34-22-13-11-20(12-14-22)25(31)23-24(19-8-3-2-4-9-19)30(27(33)26(23)32)28-29-15-16-35-28/h2-16,24,31H,17H2,1H3. The Morgan fingerprint density at radius 3 is 2.40 bits per heavy atom. The van der Waals surface area contributed by atoms with Gasteiger partial charge in [-0.05, 0) is 47.9 Å². The molecule has 3 aromatic carbocycles. The molecule has 1 aliphatic heterocycles. The predicted octanol–water partition coefficient (Wildman–Crippen LogP) is 5.66. The van der Waals surface area contributed by atoms with Crippen molar-refractivity contribution in [2.75, 3.05) is 4.90 Å². The van der Waals surface area contributed by atoms with Crippen LogP contribution in [0.15, 0.2) is 96.0 Å². The van der Waals surface area contributed by atoms with Crippen LogP contribution >= 0.6 is 11.3 Å². The smallest absolute Gasteiger partial charge is 0.301 e. The minimum atomic E-state index is -0.778. The van der Waals surface area contributed by atoms with Gasteiger partial charge in [-0.2, -0.15) is 0 Å². The number of aliphatic hydroxyl groups excluding tert-OH is 1.